The van der Waals surface area contributed by atoms with Gasteiger partial charge in [-0.3, -0.25) is 4.98 Å². The maximum atomic E-state index is 13.6. The summed E-state index contributed by atoms with van der Waals surface area (Å²) in [6.07, 6.45) is -0.199. The van der Waals surface area contributed by atoms with E-state index in [-0.39, 0.29) is 22.5 Å². The number of fused-ring (bicyclic) bond motifs is 4. The molecule has 2 atom stereocenters. The van der Waals surface area contributed by atoms with Crippen LogP contribution in [-0.4, -0.2) is 39.7 Å². The van der Waals surface area contributed by atoms with E-state index in [0.717, 1.165) is 48.2 Å². The topological polar surface area (TPSA) is 49.8 Å². The Morgan fingerprint density at radius 2 is 1.52 bits per heavy atom. The molecule has 0 amide bonds. The lowest BCUT2D eigenvalue weighted by Gasteiger charge is -2.46. The fraction of sp³-hybridized carbons (Fsp3) is 0.686. The molecule has 3 aliphatic heterocycles. The molecule has 4 aliphatic rings. The number of pyridine rings is 1. The summed E-state index contributed by atoms with van der Waals surface area (Å²) in [7, 11) is -2.18. The fourth-order valence-electron chi connectivity index (χ4n) is 7.46. The minimum Gasteiger partial charge on any atom is -0.410 e. The summed E-state index contributed by atoms with van der Waals surface area (Å²) in [5.74, 6) is 0.197. The molecule has 2 unspecified atom stereocenters. The van der Waals surface area contributed by atoms with Crippen molar-refractivity contribution >= 4 is 8.32 Å². The monoisotopic (exact) mass is 631 g/mol. The van der Waals surface area contributed by atoms with Crippen molar-refractivity contribution in [1.82, 2.24) is 4.98 Å². The van der Waals surface area contributed by atoms with Crippen molar-refractivity contribution in [2.75, 3.05) is 26.4 Å². The van der Waals surface area contributed by atoms with Crippen LogP contribution in [0.15, 0.2) is 24.3 Å². The summed E-state index contributed by atoms with van der Waals surface area (Å²) < 4.78 is 66.8. The van der Waals surface area contributed by atoms with Gasteiger partial charge < -0.3 is 18.6 Å². The van der Waals surface area contributed by atoms with Crippen LogP contribution in [-0.2, 0) is 36.8 Å². The van der Waals surface area contributed by atoms with Gasteiger partial charge in [0, 0.05) is 62.0 Å². The lowest BCUT2D eigenvalue weighted by atomic mass is 9.69. The van der Waals surface area contributed by atoms with Gasteiger partial charge in [0.25, 0.3) is 0 Å². The summed E-state index contributed by atoms with van der Waals surface area (Å²) in [4.78, 5) is 5.55. The predicted octanol–water partition coefficient (Wildman–Crippen LogP) is 9.16. The molecule has 0 radical (unpaired) electrons. The van der Waals surface area contributed by atoms with Gasteiger partial charge >= 0.3 is 6.18 Å². The largest absolute Gasteiger partial charge is 0.416 e. The third-order valence-electron chi connectivity index (χ3n) is 10.8. The second kappa shape index (κ2) is 11.2. The van der Waals surface area contributed by atoms with Crippen LogP contribution in [0, 0.1) is 5.41 Å². The zero-order chi connectivity index (χ0) is 31.7. The lowest BCUT2D eigenvalue weighted by molar-refractivity contribution is -0.137. The predicted molar refractivity (Wildman–Crippen MR) is 166 cm³/mol. The van der Waals surface area contributed by atoms with Gasteiger partial charge in [0.15, 0.2) is 8.32 Å². The van der Waals surface area contributed by atoms with Crippen molar-refractivity contribution in [3.05, 3.63) is 63.5 Å². The highest BCUT2D eigenvalue weighted by molar-refractivity contribution is 6.74. The van der Waals surface area contributed by atoms with Gasteiger partial charge in [-0.05, 0) is 72.5 Å². The van der Waals surface area contributed by atoms with Crippen LogP contribution >= 0.6 is 0 Å². The second-order valence-electron chi connectivity index (χ2n) is 15.7. The van der Waals surface area contributed by atoms with Crippen molar-refractivity contribution in [1.29, 1.82) is 0 Å². The number of ether oxygens (including phenoxy) is 3. The highest BCUT2D eigenvalue weighted by atomic mass is 28.4. The Morgan fingerprint density at radius 1 is 0.909 bits per heavy atom. The first-order chi connectivity index (χ1) is 20.5. The highest BCUT2D eigenvalue weighted by Gasteiger charge is 2.54. The maximum absolute atomic E-state index is 13.6. The van der Waals surface area contributed by atoms with Crippen molar-refractivity contribution < 1.29 is 31.8 Å². The number of aromatic nitrogens is 1. The van der Waals surface area contributed by atoms with Gasteiger partial charge in [0.05, 0.1) is 23.0 Å². The third-order valence-corrected chi connectivity index (χ3v) is 15.3. The van der Waals surface area contributed by atoms with E-state index in [4.69, 9.17) is 23.6 Å². The number of nitrogens with zero attached hydrogens (tertiary/aromatic N) is 1. The number of rotatable bonds is 4. The van der Waals surface area contributed by atoms with Gasteiger partial charge in [0.2, 0.25) is 0 Å². The fourth-order valence-corrected chi connectivity index (χ4v) is 8.73. The molecule has 1 aliphatic carbocycles. The van der Waals surface area contributed by atoms with E-state index >= 15 is 0 Å². The molecule has 2 saturated heterocycles. The van der Waals surface area contributed by atoms with Crippen LogP contribution < -0.4 is 0 Å². The Hall–Kier alpha value is -1.78. The van der Waals surface area contributed by atoms with Crippen LogP contribution in [0.3, 0.4) is 0 Å². The molecule has 1 aromatic heterocycles. The SMILES string of the molecule is CC1(C)Cc2nc(C3CCOCC3)c3c(c2C(O[Si](C)(C)C(C)(C)C)C1)C1(CCOCC1)OC3c1ccc(C(F)(F)F)cc1. The standard InChI is InChI=1S/C35H48F3NO4Si/c1-32(2,3)44(6,7)43-26-21-33(4,5)20-25-27(26)29-28(30(39-25)22-12-16-40-17-13-22)31(42-34(29)14-18-41-19-15-34)23-8-10-24(11-9-23)35(36,37)38/h8-11,22,26,31H,12-21H2,1-7H3. The minimum absolute atomic E-state index is 0.00332. The molecule has 2 aromatic rings. The number of hydrogen-bond acceptors (Lipinski definition) is 5. The molecule has 0 saturated carbocycles. The van der Waals surface area contributed by atoms with Gasteiger partial charge in [0.1, 0.15) is 6.10 Å². The van der Waals surface area contributed by atoms with Crippen LogP contribution in [0.2, 0.25) is 18.1 Å². The average molecular weight is 632 g/mol. The van der Waals surface area contributed by atoms with Gasteiger partial charge in [-0.25, -0.2) is 0 Å². The molecule has 9 heteroatoms. The molecule has 6 rings (SSSR count). The van der Waals surface area contributed by atoms with Crippen LogP contribution in [0.1, 0.15) is 124 Å². The molecule has 5 nitrogen and oxygen atoms in total. The Balaban J connectivity index is 1.60. The highest BCUT2D eigenvalue weighted by Crippen LogP contribution is 2.59. The molecule has 2 fully saturated rings. The number of halogens is 3. The van der Waals surface area contributed by atoms with Gasteiger partial charge in [-0.15, -0.1) is 0 Å². The smallest absolute Gasteiger partial charge is 0.410 e. The summed E-state index contributed by atoms with van der Waals surface area (Å²) in [5.41, 5.74) is 5.04. The molecule has 1 aromatic carbocycles. The first kappa shape index (κ1) is 32.2. The minimum atomic E-state index is -4.40. The summed E-state index contributed by atoms with van der Waals surface area (Å²) in [6.45, 7) is 18.5. The van der Waals surface area contributed by atoms with E-state index in [0.29, 0.717) is 39.3 Å². The number of hydrogen-bond donors (Lipinski definition) is 0. The van der Waals surface area contributed by atoms with Crippen molar-refractivity contribution in [2.24, 2.45) is 5.41 Å². The number of benzene rings is 1. The molecule has 0 N–H and O–H groups in total. The van der Waals surface area contributed by atoms with Crippen molar-refractivity contribution in [3.63, 3.8) is 0 Å². The summed E-state index contributed by atoms with van der Waals surface area (Å²) >= 11 is 0. The van der Waals surface area contributed by atoms with E-state index in [2.05, 4.69) is 47.7 Å². The quantitative estimate of drug-likeness (QED) is 0.315. The van der Waals surface area contributed by atoms with E-state index in [9.17, 15) is 13.2 Å². The summed E-state index contributed by atoms with van der Waals surface area (Å²) in [5, 5.41) is 0.0308. The Bertz CT molecular complexity index is 1370. The molecule has 44 heavy (non-hydrogen) atoms. The van der Waals surface area contributed by atoms with Crippen molar-refractivity contribution in [3.8, 4) is 0 Å². The Kier molecular flexibility index (Phi) is 8.17. The summed E-state index contributed by atoms with van der Waals surface area (Å²) in [6, 6.07) is 5.55. The van der Waals surface area contributed by atoms with Crippen LogP contribution in [0.25, 0.3) is 0 Å². The normalized spacial score (nSPS) is 25.6. The van der Waals surface area contributed by atoms with E-state index < -0.39 is 31.8 Å². The molecular formula is C35H48F3NO4Si. The lowest BCUT2D eigenvalue weighted by Crippen LogP contribution is -2.45. The Labute approximate surface area is 261 Å². The zero-order valence-electron chi connectivity index (χ0n) is 27.3. The van der Waals surface area contributed by atoms with E-state index in [1.807, 2.05) is 0 Å². The van der Waals surface area contributed by atoms with Gasteiger partial charge in [-0.2, -0.15) is 13.2 Å². The molecular weight excluding hydrogens is 583 g/mol. The third kappa shape index (κ3) is 5.81. The van der Waals surface area contributed by atoms with E-state index in [1.165, 1.54) is 23.3 Å². The van der Waals surface area contributed by atoms with Crippen LogP contribution in [0.5, 0.6) is 0 Å². The molecule has 0 bridgehead atoms. The second-order valence-corrected chi connectivity index (χ2v) is 20.4. The van der Waals surface area contributed by atoms with Gasteiger partial charge in [-0.1, -0.05) is 46.8 Å². The molecule has 4 heterocycles. The zero-order valence-corrected chi connectivity index (χ0v) is 28.3. The maximum Gasteiger partial charge on any atom is 0.416 e. The molecule has 1 spiro atoms. The first-order valence-corrected chi connectivity index (χ1v) is 19.2. The average Bonchev–Trinajstić information content (AvgIpc) is 3.25. The molecule has 242 valence electrons. The van der Waals surface area contributed by atoms with E-state index in [1.54, 1.807) is 12.1 Å². The van der Waals surface area contributed by atoms with Crippen LogP contribution in [0.4, 0.5) is 13.2 Å². The first-order valence-electron chi connectivity index (χ1n) is 16.3. The number of alkyl halides is 3. The van der Waals surface area contributed by atoms with Crippen molar-refractivity contribution in [2.45, 2.75) is 121 Å². The Morgan fingerprint density at radius 3 is 2.11 bits per heavy atom.